The Labute approximate surface area is 195 Å². The lowest BCUT2D eigenvalue weighted by molar-refractivity contribution is -0.680. The summed E-state index contributed by atoms with van der Waals surface area (Å²) in [7, 11) is 1.87. The Morgan fingerprint density at radius 3 is 2.06 bits per heavy atom. The molecule has 5 saturated carbocycles. The van der Waals surface area contributed by atoms with E-state index in [0.29, 0.717) is 29.9 Å². The second kappa shape index (κ2) is 8.61. The molecule has 1 aromatic carbocycles. The van der Waals surface area contributed by atoms with Gasteiger partial charge in [-0.3, -0.25) is 4.79 Å². The summed E-state index contributed by atoms with van der Waals surface area (Å²) in [6, 6.07) is 8.00. The molecule has 0 atom stereocenters. The zero-order chi connectivity index (χ0) is 22.5. The maximum Gasteiger partial charge on any atom is 0.251 e. The molecule has 6 fully saturated rings. The van der Waals surface area contributed by atoms with Crippen molar-refractivity contribution in [1.29, 1.82) is 0 Å². The fourth-order valence-electron chi connectivity index (χ4n) is 7.29. The number of carbonyl (C=O) groups excluding carboxylic acids is 1. The van der Waals surface area contributed by atoms with E-state index in [0.717, 1.165) is 44.1 Å². The maximum atomic E-state index is 12.2. The Morgan fingerprint density at radius 2 is 1.48 bits per heavy atom. The molecule has 1 aliphatic heterocycles. The number of carbonyl (C=O) groups is 1. The van der Waals surface area contributed by atoms with Gasteiger partial charge in [0.15, 0.2) is 0 Å². The van der Waals surface area contributed by atoms with E-state index in [1.807, 2.05) is 19.2 Å². The average molecular weight is 457 g/mol. The molecule has 7 nitrogen and oxygen atoms in total. The van der Waals surface area contributed by atoms with Crippen molar-refractivity contribution < 1.29 is 24.3 Å². The second-order valence-electron chi connectivity index (χ2n) is 11.0. The summed E-state index contributed by atoms with van der Waals surface area (Å²) >= 11 is 0. The van der Waals surface area contributed by atoms with E-state index in [1.165, 1.54) is 37.7 Å². The minimum absolute atomic E-state index is 0.0311. The molecule has 7 heteroatoms. The van der Waals surface area contributed by atoms with Crippen molar-refractivity contribution in [2.24, 2.45) is 23.7 Å². The SMILES string of the molecule is CNCCNC(=O)c1ccc(C2CCC3(CC2)OOC2(OO3)C3CC4CC(C3)CC2C4)cc1. The lowest BCUT2D eigenvalue weighted by Crippen LogP contribution is -2.64. The van der Waals surface area contributed by atoms with Crippen LogP contribution in [0.15, 0.2) is 24.3 Å². The number of hydrogen-bond donors (Lipinski definition) is 2. The summed E-state index contributed by atoms with van der Waals surface area (Å²) in [5.74, 6) is 1.39. The number of hydrogen-bond acceptors (Lipinski definition) is 6. The molecule has 33 heavy (non-hydrogen) atoms. The van der Waals surface area contributed by atoms with Crippen molar-refractivity contribution in [2.45, 2.75) is 75.3 Å². The molecule has 1 saturated heterocycles. The van der Waals surface area contributed by atoms with Gasteiger partial charge in [0.2, 0.25) is 11.6 Å². The Morgan fingerprint density at radius 1 is 0.879 bits per heavy atom. The Bertz CT molecular complexity index is 824. The monoisotopic (exact) mass is 456 g/mol. The normalized spacial score (nSPS) is 41.5. The van der Waals surface area contributed by atoms with Crippen LogP contribution in [-0.2, 0) is 19.6 Å². The molecule has 1 amide bonds. The van der Waals surface area contributed by atoms with Gasteiger partial charge in [-0.05, 0) is 87.4 Å². The van der Waals surface area contributed by atoms with Crippen molar-refractivity contribution in [3.63, 3.8) is 0 Å². The molecule has 0 unspecified atom stereocenters. The zero-order valence-electron chi connectivity index (χ0n) is 19.5. The third-order valence-corrected chi connectivity index (χ3v) is 8.98. The number of likely N-dealkylation sites (N-methyl/N-ethyl adjacent to an activating group) is 1. The summed E-state index contributed by atoms with van der Waals surface area (Å²) in [6.45, 7) is 1.38. The molecule has 5 aliphatic carbocycles. The van der Waals surface area contributed by atoms with Crippen LogP contribution >= 0.6 is 0 Å². The van der Waals surface area contributed by atoms with Gasteiger partial charge in [-0.15, -0.1) is 0 Å². The third-order valence-electron chi connectivity index (χ3n) is 8.98. The van der Waals surface area contributed by atoms with E-state index in [2.05, 4.69) is 22.8 Å². The van der Waals surface area contributed by atoms with Gasteiger partial charge in [-0.2, -0.15) is 19.6 Å². The van der Waals surface area contributed by atoms with E-state index in [9.17, 15) is 4.79 Å². The third kappa shape index (κ3) is 3.92. The van der Waals surface area contributed by atoms with Gasteiger partial charge in [0.05, 0.1) is 0 Å². The second-order valence-corrected chi connectivity index (χ2v) is 11.0. The number of nitrogens with one attached hydrogen (secondary N) is 2. The van der Waals surface area contributed by atoms with Crippen LogP contribution in [-0.4, -0.2) is 37.6 Å². The molecule has 1 heterocycles. The summed E-state index contributed by atoms with van der Waals surface area (Å²) in [5, 5.41) is 5.95. The van der Waals surface area contributed by atoms with Gasteiger partial charge >= 0.3 is 0 Å². The van der Waals surface area contributed by atoms with Gasteiger partial charge in [0.1, 0.15) is 0 Å². The van der Waals surface area contributed by atoms with Gasteiger partial charge in [0, 0.05) is 43.3 Å². The summed E-state index contributed by atoms with van der Waals surface area (Å²) in [6.07, 6.45) is 9.45. The van der Waals surface area contributed by atoms with Crippen molar-refractivity contribution >= 4 is 5.91 Å². The quantitative estimate of drug-likeness (QED) is 0.514. The molecular formula is C26H36N2O5. The van der Waals surface area contributed by atoms with E-state index < -0.39 is 11.6 Å². The van der Waals surface area contributed by atoms with Crippen LogP contribution in [0.4, 0.5) is 0 Å². The van der Waals surface area contributed by atoms with Crippen molar-refractivity contribution in [3.8, 4) is 0 Å². The first-order chi connectivity index (χ1) is 16.1. The van der Waals surface area contributed by atoms with Gasteiger partial charge < -0.3 is 10.6 Å². The van der Waals surface area contributed by atoms with Crippen LogP contribution < -0.4 is 10.6 Å². The van der Waals surface area contributed by atoms with Gasteiger partial charge in [-0.25, -0.2) is 0 Å². The molecule has 0 aromatic heterocycles. The van der Waals surface area contributed by atoms with E-state index in [4.69, 9.17) is 19.6 Å². The molecule has 180 valence electrons. The lowest BCUT2D eigenvalue weighted by atomic mass is 9.53. The predicted molar refractivity (Wildman–Crippen MR) is 121 cm³/mol. The minimum atomic E-state index is -0.788. The largest absolute Gasteiger partial charge is 0.351 e. The van der Waals surface area contributed by atoms with Crippen LogP contribution in [0.3, 0.4) is 0 Å². The average Bonchev–Trinajstić information content (AvgIpc) is 2.84. The molecule has 4 bridgehead atoms. The van der Waals surface area contributed by atoms with Gasteiger partial charge in [0.25, 0.3) is 5.91 Å². The van der Waals surface area contributed by atoms with Crippen LogP contribution in [0.1, 0.15) is 79.6 Å². The first kappa shape index (κ1) is 22.0. The first-order valence-corrected chi connectivity index (χ1v) is 12.9. The number of rotatable bonds is 5. The highest BCUT2D eigenvalue weighted by molar-refractivity contribution is 5.94. The van der Waals surface area contributed by atoms with E-state index in [-0.39, 0.29) is 5.91 Å². The molecule has 0 radical (unpaired) electrons. The highest BCUT2D eigenvalue weighted by Gasteiger charge is 2.64. The van der Waals surface area contributed by atoms with Crippen LogP contribution in [0.5, 0.6) is 0 Å². The van der Waals surface area contributed by atoms with E-state index in [1.54, 1.807) is 0 Å². The molecule has 2 spiro atoms. The molecule has 7 rings (SSSR count). The Kier molecular flexibility index (Phi) is 5.74. The maximum absolute atomic E-state index is 12.2. The molecule has 1 aromatic rings. The summed E-state index contributed by atoms with van der Waals surface area (Å²) in [4.78, 5) is 36.7. The standard InChI is InChI=1S/C26H36N2O5/c1-27-10-11-28-24(29)21-4-2-19(3-5-21)20-6-8-25(9-7-20)30-32-26(33-31-25)22-13-17-12-18(15-22)16-23(26)14-17/h2-5,17-18,20,22-23,27H,6-16H2,1H3,(H,28,29). The fourth-order valence-corrected chi connectivity index (χ4v) is 7.29. The summed E-state index contributed by atoms with van der Waals surface area (Å²) < 4.78 is 0. The number of amides is 1. The summed E-state index contributed by atoms with van der Waals surface area (Å²) in [5.41, 5.74) is 1.95. The van der Waals surface area contributed by atoms with Crippen molar-refractivity contribution in [3.05, 3.63) is 35.4 Å². The highest BCUT2D eigenvalue weighted by Crippen LogP contribution is 2.62. The van der Waals surface area contributed by atoms with Crippen LogP contribution in [0, 0.1) is 23.7 Å². The Balaban J connectivity index is 1.04. The number of benzene rings is 1. The van der Waals surface area contributed by atoms with Crippen molar-refractivity contribution in [1.82, 2.24) is 10.6 Å². The molecular weight excluding hydrogens is 420 g/mol. The molecule has 2 N–H and O–H groups in total. The topological polar surface area (TPSA) is 78.1 Å². The smallest absolute Gasteiger partial charge is 0.251 e. The van der Waals surface area contributed by atoms with Gasteiger partial charge in [-0.1, -0.05) is 12.1 Å². The minimum Gasteiger partial charge on any atom is -0.351 e. The first-order valence-electron chi connectivity index (χ1n) is 12.9. The Hall–Kier alpha value is -1.51. The lowest BCUT2D eigenvalue weighted by Gasteiger charge is -2.60. The van der Waals surface area contributed by atoms with E-state index >= 15 is 0 Å². The fraction of sp³-hybridized carbons (Fsp3) is 0.731. The van der Waals surface area contributed by atoms with Crippen LogP contribution in [0.2, 0.25) is 0 Å². The molecule has 6 aliphatic rings. The van der Waals surface area contributed by atoms with Crippen molar-refractivity contribution in [2.75, 3.05) is 20.1 Å². The predicted octanol–water partition coefficient (Wildman–Crippen LogP) is 4.05. The van der Waals surface area contributed by atoms with Crippen LogP contribution in [0.25, 0.3) is 0 Å². The highest BCUT2D eigenvalue weighted by atomic mass is 17.4. The zero-order valence-corrected chi connectivity index (χ0v) is 19.5.